The van der Waals surface area contributed by atoms with Gasteiger partial charge in [0.1, 0.15) is 6.23 Å². The average Bonchev–Trinajstić information content (AvgIpc) is 2.79. The fourth-order valence-corrected chi connectivity index (χ4v) is 2.89. The SMILES string of the molecule is Cl.OC1CCCCN1c1nc(C(F)(F)F)n2c1CNCC2. The van der Waals surface area contributed by atoms with Crippen molar-refractivity contribution in [2.75, 3.05) is 18.0 Å². The van der Waals surface area contributed by atoms with Gasteiger partial charge in [-0.1, -0.05) is 0 Å². The van der Waals surface area contributed by atoms with E-state index in [4.69, 9.17) is 0 Å². The lowest BCUT2D eigenvalue weighted by molar-refractivity contribution is -0.147. The Kier molecular flexibility index (Phi) is 4.69. The number of aliphatic hydroxyl groups is 1. The van der Waals surface area contributed by atoms with Crippen LogP contribution in [0.25, 0.3) is 0 Å². The maximum Gasteiger partial charge on any atom is 0.449 e. The number of piperidine rings is 1. The van der Waals surface area contributed by atoms with Gasteiger partial charge in [0.15, 0.2) is 5.82 Å². The van der Waals surface area contributed by atoms with Crippen LogP contribution in [-0.4, -0.2) is 34.0 Å². The van der Waals surface area contributed by atoms with E-state index in [1.165, 1.54) is 4.57 Å². The zero-order valence-corrected chi connectivity index (χ0v) is 12.2. The van der Waals surface area contributed by atoms with Gasteiger partial charge < -0.3 is 19.9 Å². The van der Waals surface area contributed by atoms with Gasteiger partial charge in [0, 0.05) is 26.2 Å². The summed E-state index contributed by atoms with van der Waals surface area (Å²) in [6, 6.07) is 0. The maximum atomic E-state index is 13.1. The first-order chi connectivity index (χ1) is 9.48. The molecular weight excluding hydrogens is 309 g/mol. The Morgan fingerprint density at radius 3 is 2.67 bits per heavy atom. The quantitative estimate of drug-likeness (QED) is 0.825. The lowest BCUT2D eigenvalue weighted by atomic mass is 10.1. The number of imidazole rings is 1. The number of halogens is 4. The summed E-state index contributed by atoms with van der Waals surface area (Å²) in [6.45, 7) is 1.64. The summed E-state index contributed by atoms with van der Waals surface area (Å²) < 4.78 is 40.4. The highest BCUT2D eigenvalue weighted by Gasteiger charge is 2.41. The molecule has 1 aromatic heterocycles. The molecule has 21 heavy (non-hydrogen) atoms. The second-order valence-corrected chi connectivity index (χ2v) is 5.20. The number of alkyl halides is 3. The van der Waals surface area contributed by atoms with Crippen molar-refractivity contribution in [1.82, 2.24) is 14.9 Å². The molecule has 0 saturated carbocycles. The second kappa shape index (κ2) is 6.02. The molecule has 1 aromatic rings. The number of hydrogen-bond donors (Lipinski definition) is 2. The maximum absolute atomic E-state index is 13.1. The van der Waals surface area contributed by atoms with Crippen LogP contribution in [-0.2, 0) is 19.3 Å². The van der Waals surface area contributed by atoms with E-state index in [1.807, 2.05) is 0 Å². The predicted molar refractivity (Wildman–Crippen MR) is 73.4 cm³/mol. The summed E-state index contributed by atoms with van der Waals surface area (Å²) >= 11 is 0. The summed E-state index contributed by atoms with van der Waals surface area (Å²) in [7, 11) is 0. The molecule has 3 heterocycles. The number of hydrogen-bond acceptors (Lipinski definition) is 4. The van der Waals surface area contributed by atoms with Crippen molar-refractivity contribution < 1.29 is 18.3 Å². The van der Waals surface area contributed by atoms with E-state index in [0.29, 0.717) is 31.7 Å². The number of aliphatic hydroxyl groups excluding tert-OH is 1. The summed E-state index contributed by atoms with van der Waals surface area (Å²) in [4.78, 5) is 5.40. The fraction of sp³-hybridized carbons (Fsp3) is 0.750. The number of rotatable bonds is 1. The predicted octanol–water partition coefficient (Wildman–Crippen LogP) is 1.74. The molecule has 1 saturated heterocycles. The standard InChI is InChI=1S/C12H17F3N4O.ClH/c13-12(14,15)11-17-10(8-7-16-4-6-18(8)11)19-5-2-1-3-9(19)20;/h9,16,20H,1-7H2;1H. The third kappa shape index (κ3) is 2.97. The topological polar surface area (TPSA) is 53.3 Å². The molecule has 1 unspecified atom stereocenters. The molecule has 2 aliphatic rings. The Morgan fingerprint density at radius 2 is 2.00 bits per heavy atom. The summed E-state index contributed by atoms with van der Waals surface area (Å²) in [5.41, 5.74) is 0.518. The van der Waals surface area contributed by atoms with Crippen molar-refractivity contribution in [2.45, 2.75) is 44.8 Å². The average molecular weight is 327 g/mol. The minimum absolute atomic E-state index is 0. The lowest BCUT2D eigenvalue weighted by Crippen LogP contribution is -2.41. The Balaban J connectivity index is 0.00000161. The number of nitrogens with zero attached hydrogens (tertiary/aromatic N) is 3. The third-order valence-corrected chi connectivity index (χ3v) is 3.85. The molecule has 3 rings (SSSR count). The van der Waals surface area contributed by atoms with E-state index in [9.17, 15) is 18.3 Å². The van der Waals surface area contributed by atoms with E-state index in [0.717, 1.165) is 12.8 Å². The van der Waals surface area contributed by atoms with Crippen molar-refractivity contribution in [3.63, 3.8) is 0 Å². The molecule has 2 N–H and O–H groups in total. The van der Waals surface area contributed by atoms with Crippen LogP contribution in [0.3, 0.4) is 0 Å². The van der Waals surface area contributed by atoms with E-state index in [2.05, 4.69) is 10.3 Å². The van der Waals surface area contributed by atoms with Crippen molar-refractivity contribution in [3.05, 3.63) is 11.5 Å². The van der Waals surface area contributed by atoms with E-state index in [-0.39, 0.29) is 24.8 Å². The van der Waals surface area contributed by atoms with Crippen LogP contribution in [0.1, 0.15) is 30.8 Å². The molecule has 2 aliphatic heterocycles. The van der Waals surface area contributed by atoms with Crippen LogP contribution in [0.4, 0.5) is 19.0 Å². The molecule has 0 radical (unpaired) electrons. The number of nitrogens with one attached hydrogen (secondary N) is 1. The summed E-state index contributed by atoms with van der Waals surface area (Å²) in [5.74, 6) is -0.585. The number of aromatic nitrogens is 2. The minimum atomic E-state index is -4.47. The Bertz CT molecular complexity index is 505. The molecule has 120 valence electrons. The van der Waals surface area contributed by atoms with Gasteiger partial charge in [-0.15, -0.1) is 12.4 Å². The van der Waals surface area contributed by atoms with Crippen molar-refractivity contribution in [2.24, 2.45) is 0 Å². The first kappa shape index (κ1) is 16.4. The van der Waals surface area contributed by atoms with Gasteiger partial charge in [-0.05, 0) is 19.3 Å². The first-order valence-electron chi connectivity index (χ1n) is 6.80. The molecule has 0 amide bonds. The van der Waals surface area contributed by atoms with Gasteiger partial charge in [0.2, 0.25) is 5.82 Å². The van der Waals surface area contributed by atoms with Gasteiger partial charge in [0.05, 0.1) is 5.69 Å². The van der Waals surface area contributed by atoms with E-state index in [1.54, 1.807) is 4.90 Å². The van der Waals surface area contributed by atoms with Gasteiger partial charge in [-0.2, -0.15) is 13.2 Å². The Morgan fingerprint density at radius 1 is 1.24 bits per heavy atom. The molecule has 5 nitrogen and oxygen atoms in total. The van der Waals surface area contributed by atoms with Crippen molar-refractivity contribution in [3.8, 4) is 0 Å². The molecule has 0 aliphatic carbocycles. The Labute approximate surface area is 126 Å². The lowest BCUT2D eigenvalue weighted by Gasteiger charge is -2.33. The number of anilines is 1. The van der Waals surface area contributed by atoms with Gasteiger partial charge >= 0.3 is 6.18 Å². The van der Waals surface area contributed by atoms with Crippen LogP contribution >= 0.6 is 12.4 Å². The third-order valence-electron chi connectivity index (χ3n) is 3.85. The van der Waals surface area contributed by atoms with Gasteiger partial charge in [-0.25, -0.2) is 4.98 Å². The largest absolute Gasteiger partial charge is 0.449 e. The minimum Gasteiger partial charge on any atom is -0.374 e. The van der Waals surface area contributed by atoms with Crippen LogP contribution in [0.5, 0.6) is 0 Å². The van der Waals surface area contributed by atoms with Crippen LogP contribution in [0, 0.1) is 0 Å². The van der Waals surface area contributed by atoms with E-state index < -0.39 is 18.2 Å². The van der Waals surface area contributed by atoms with Crippen LogP contribution in [0.15, 0.2) is 0 Å². The zero-order chi connectivity index (χ0) is 14.3. The summed E-state index contributed by atoms with van der Waals surface area (Å²) in [6.07, 6.45) is -2.89. The highest BCUT2D eigenvalue weighted by Crippen LogP contribution is 2.35. The molecule has 1 fully saturated rings. The molecule has 1 atom stereocenters. The van der Waals surface area contributed by atoms with Crippen LogP contribution < -0.4 is 10.2 Å². The first-order valence-corrected chi connectivity index (χ1v) is 6.80. The number of fused-ring (bicyclic) bond motifs is 1. The molecule has 0 bridgehead atoms. The second-order valence-electron chi connectivity index (χ2n) is 5.20. The molecule has 9 heteroatoms. The fourth-order valence-electron chi connectivity index (χ4n) is 2.89. The summed E-state index contributed by atoms with van der Waals surface area (Å²) in [5, 5.41) is 13.1. The Hall–Kier alpha value is -0.990. The van der Waals surface area contributed by atoms with Gasteiger partial charge in [0.25, 0.3) is 0 Å². The van der Waals surface area contributed by atoms with Gasteiger partial charge in [-0.3, -0.25) is 0 Å². The van der Waals surface area contributed by atoms with Crippen LogP contribution in [0.2, 0.25) is 0 Å². The smallest absolute Gasteiger partial charge is 0.374 e. The highest BCUT2D eigenvalue weighted by atomic mass is 35.5. The normalized spacial score (nSPS) is 22.7. The molecule has 0 spiro atoms. The molecular formula is C12H18ClF3N4O. The zero-order valence-electron chi connectivity index (χ0n) is 11.4. The van der Waals surface area contributed by atoms with Crippen molar-refractivity contribution >= 4 is 18.2 Å². The molecule has 0 aromatic carbocycles. The van der Waals surface area contributed by atoms with E-state index >= 15 is 0 Å². The van der Waals surface area contributed by atoms with Crippen molar-refractivity contribution in [1.29, 1.82) is 0 Å². The monoisotopic (exact) mass is 326 g/mol. The highest BCUT2D eigenvalue weighted by molar-refractivity contribution is 5.85.